The van der Waals surface area contributed by atoms with Crippen molar-refractivity contribution in [2.45, 2.75) is 72.1 Å². The van der Waals surface area contributed by atoms with Gasteiger partial charge in [0.05, 0.1) is 0 Å². The summed E-state index contributed by atoms with van der Waals surface area (Å²) in [6.07, 6.45) is -54.6. The van der Waals surface area contributed by atoms with Crippen LogP contribution in [0.5, 0.6) is 0 Å². The van der Waals surface area contributed by atoms with Crippen LogP contribution in [0.1, 0.15) is 22.3 Å². The number of alkyl halides is 28. The van der Waals surface area contributed by atoms with E-state index in [9.17, 15) is 105 Å². The molecule has 0 unspecified atom stereocenters. The predicted molar refractivity (Wildman–Crippen MR) is 298 cm³/mol. The van der Waals surface area contributed by atoms with Crippen molar-refractivity contribution >= 4 is 67.9 Å². The van der Waals surface area contributed by atoms with E-state index in [1.54, 1.807) is 0 Å². The van der Waals surface area contributed by atoms with Crippen LogP contribution in [0.4, 0.5) is 123 Å². The third-order valence-corrected chi connectivity index (χ3v) is 17.2. The lowest BCUT2D eigenvalue weighted by Crippen LogP contribution is -2.52. The maximum Gasteiger partial charge on any atom is 0.435 e. The number of hydrogen-bond donors (Lipinski definition) is 0. The van der Waals surface area contributed by atoms with Crippen molar-refractivity contribution < 1.29 is 127 Å². The lowest BCUT2D eigenvalue weighted by atomic mass is 9.83. The number of hydrogen-bond acceptors (Lipinski definition) is 0. The molecule has 1 nitrogen and oxygen atoms in total. The van der Waals surface area contributed by atoms with E-state index < -0.39 is 168 Å². The summed E-state index contributed by atoms with van der Waals surface area (Å²) in [7, 11) is 0. The summed E-state index contributed by atoms with van der Waals surface area (Å²) in [5, 5.41) is -2.39. The zero-order valence-electron chi connectivity index (χ0n) is 47.5. The number of fused-ring (bicyclic) bond motifs is 12. The average molecular weight is 1390 g/mol. The van der Waals surface area contributed by atoms with Gasteiger partial charge in [-0.05, 0) is 126 Å². The highest BCUT2D eigenvalue weighted by Crippen LogP contribution is 2.60. The van der Waals surface area contributed by atoms with Gasteiger partial charge in [-0.25, -0.2) is 22.0 Å². The molecule has 2 aliphatic rings. The number of nitrogens with zero attached hydrogens (tertiary/aromatic N) is 1. The van der Waals surface area contributed by atoms with Crippen molar-refractivity contribution in [3.63, 3.8) is 0 Å². The molecular formula is C68H32F28N+. The predicted octanol–water partition coefficient (Wildman–Crippen LogP) is 19.9. The number of quaternary nitrogens is 1. The molecule has 0 aliphatic carbocycles. The van der Waals surface area contributed by atoms with Crippen molar-refractivity contribution in [1.29, 1.82) is 0 Å². The average Bonchev–Trinajstić information content (AvgIpc) is 1.70. The van der Waals surface area contributed by atoms with Crippen LogP contribution in [0.25, 0.3) is 90.1 Å². The van der Waals surface area contributed by atoms with Crippen LogP contribution in [0, 0.1) is 20.9 Å². The molecule has 504 valence electrons. The van der Waals surface area contributed by atoms with Gasteiger partial charge in [-0.2, -0.15) is 105 Å². The lowest BCUT2D eigenvalue weighted by Gasteiger charge is -2.34. The Hall–Kier alpha value is -9.28. The zero-order chi connectivity index (χ0) is 71.0. The zero-order valence-corrected chi connectivity index (χ0v) is 47.5. The van der Waals surface area contributed by atoms with Gasteiger partial charge in [0, 0.05) is 64.0 Å². The molecule has 10 aromatic carbocycles. The van der Waals surface area contributed by atoms with Gasteiger partial charge in [0.2, 0.25) is 0 Å². The standard InChI is InChI=1S/C68H32F28N/c69-57(61(73,74)75,62(76,77)78)41-21-39(22-42(27-41)58(70,63(79,80)81)64(82,83)84)49-25-35-11-3-7-15-47(35)55-51(49)31-97(29-37-19-17-33-9-1-5-13-45(33)53(37)55)30-38-20-18-34-10-2-6-14-46(34)54(38)56-48-16-8-4-12-36(48)26-50(52(56)32-97)40-23-43(59(71,65(85,86)87)66(88,89)90)28-44(24-40)60(72,67(91,92)93)68(94,95)96/h1-32H/q+1. The Labute approximate surface area is 522 Å². The molecule has 0 aromatic heterocycles. The van der Waals surface area contributed by atoms with Crippen LogP contribution in [0.3, 0.4) is 0 Å². The summed E-state index contributed by atoms with van der Waals surface area (Å²) in [5.74, 6) is 0. The Kier molecular flexibility index (Phi) is 14.9. The molecule has 10 aromatic rings. The maximum absolute atomic E-state index is 16.6. The molecule has 97 heavy (non-hydrogen) atoms. The van der Waals surface area contributed by atoms with E-state index in [1.807, 2.05) is 0 Å². The van der Waals surface area contributed by atoms with Crippen LogP contribution in [-0.4, -0.2) is 53.9 Å². The third-order valence-electron chi connectivity index (χ3n) is 17.2. The van der Waals surface area contributed by atoms with Crippen LogP contribution in [-0.2, 0) is 22.7 Å². The summed E-state index contributed by atoms with van der Waals surface area (Å²) in [4.78, 5) is 0. The first-order chi connectivity index (χ1) is 44.6. The van der Waals surface area contributed by atoms with Crippen molar-refractivity contribution in [3.05, 3.63) is 234 Å². The van der Waals surface area contributed by atoms with Crippen LogP contribution in [0.15, 0.2) is 170 Å². The highest BCUT2D eigenvalue weighted by Gasteiger charge is 2.78. The summed E-state index contributed by atoms with van der Waals surface area (Å²) in [6, 6.07) is 24.2. The van der Waals surface area contributed by atoms with E-state index in [2.05, 4.69) is 0 Å². The van der Waals surface area contributed by atoms with E-state index in [4.69, 9.17) is 0 Å². The van der Waals surface area contributed by atoms with Gasteiger partial charge in [0.1, 0.15) is 24.8 Å². The summed E-state index contributed by atoms with van der Waals surface area (Å²) in [6.45, 7) is 0. The van der Waals surface area contributed by atoms with E-state index in [0.29, 0.717) is 0 Å². The van der Waals surface area contributed by atoms with Gasteiger partial charge in [0.25, 0.3) is 0 Å². The van der Waals surface area contributed by atoms with Gasteiger partial charge in [-0.3, -0.25) is 0 Å². The lowest BCUT2D eigenvalue weighted by molar-refractivity contribution is -0.583. The van der Waals surface area contributed by atoms with Crippen molar-refractivity contribution in [3.8, 4) is 22.3 Å². The molecule has 0 amide bonds. The van der Waals surface area contributed by atoms with Gasteiger partial charge < -0.3 is 0 Å². The van der Waals surface area contributed by atoms with Crippen molar-refractivity contribution in [2.24, 2.45) is 0 Å². The largest absolute Gasteiger partial charge is 0.435 e. The van der Waals surface area contributed by atoms with Gasteiger partial charge in [0.15, 0.2) is 0 Å². The molecule has 29 heteroatoms. The molecule has 0 saturated heterocycles. The topological polar surface area (TPSA) is 0 Å². The Bertz CT molecular complexity index is 4930. The maximum atomic E-state index is 16.6. The molecule has 0 atom stereocenters. The first-order valence-electron chi connectivity index (χ1n) is 27.7. The van der Waals surface area contributed by atoms with Crippen molar-refractivity contribution in [1.82, 2.24) is 0 Å². The Morgan fingerprint density at radius 2 is 0.454 bits per heavy atom. The molecule has 0 saturated carbocycles. The summed E-state index contributed by atoms with van der Waals surface area (Å²) in [5.41, 5.74) is -45.7. The quantitative estimate of drug-likeness (QED) is 0.115. The van der Waals surface area contributed by atoms with Crippen LogP contribution >= 0.6 is 0 Å². The second-order valence-electron chi connectivity index (χ2n) is 23.0. The second-order valence-corrected chi connectivity index (χ2v) is 23.0. The first-order valence-corrected chi connectivity index (χ1v) is 27.7. The normalized spacial score (nSPS) is 15.2. The Morgan fingerprint density at radius 3 is 0.711 bits per heavy atom. The molecule has 0 radical (unpaired) electrons. The minimum Gasteiger partial charge on any atom is -0.218 e. The number of halogens is 28. The third kappa shape index (κ3) is 10.1. The van der Waals surface area contributed by atoms with E-state index in [1.165, 1.54) is 122 Å². The summed E-state index contributed by atoms with van der Waals surface area (Å²) >= 11 is 0. The van der Waals surface area contributed by atoms with E-state index in [-0.39, 0.29) is 74.4 Å². The minimum absolute atomic E-state index is 0.0542. The molecule has 0 fully saturated rings. The fraction of sp³-hybridized carbons (Fsp3) is 0.176. The smallest absolute Gasteiger partial charge is 0.218 e. The minimum atomic E-state index is -7.34. The molecule has 12 rings (SSSR count). The van der Waals surface area contributed by atoms with Crippen LogP contribution in [0.2, 0.25) is 0 Å². The van der Waals surface area contributed by atoms with Gasteiger partial charge in [-0.15, -0.1) is 0 Å². The van der Waals surface area contributed by atoms with Gasteiger partial charge in [-0.1, -0.05) is 109 Å². The highest BCUT2D eigenvalue weighted by molar-refractivity contribution is 5.94. The fourth-order valence-electron chi connectivity index (χ4n) is 12.8. The van der Waals surface area contributed by atoms with E-state index in [0.717, 1.165) is 36.7 Å². The molecule has 2 aliphatic heterocycles. The molecule has 0 N–H and O–H groups in total. The number of rotatable bonds is 6. The SMILES string of the molecule is FC(F)(F)C(F)(c1cc(-c2cc3ccccc3c3c2=C[N+]2(C=c4ccc5ccccc5c4=3)C=c3ccc4ccccc4c3=c3c(c(-c4cc(C(F)(C(F)(F)F)C(F)(F)F)cc(C(F)(C(F)(F)F)C(F)(F)F)c4)cc4ccccc34)=C2)cc(C(F)(C(F)(F)F)C(F)(F)F)c1)C(F)(F)F. The first kappa shape index (κ1) is 67.7. The molecular weight excluding hydrogens is 1360 g/mol. The second kappa shape index (κ2) is 21.4. The van der Waals surface area contributed by atoms with Gasteiger partial charge >= 0.3 is 72.1 Å². The molecule has 0 bridgehead atoms. The Morgan fingerprint density at radius 1 is 0.216 bits per heavy atom. The van der Waals surface area contributed by atoms with Crippen molar-refractivity contribution in [2.75, 3.05) is 0 Å². The summed E-state index contributed by atoms with van der Waals surface area (Å²) < 4.78 is 423. The van der Waals surface area contributed by atoms with E-state index >= 15 is 17.6 Å². The molecule has 2 heterocycles. The highest BCUT2D eigenvalue weighted by atomic mass is 19.5. The molecule has 1 spiro atoms. The van der Waals surface area contributed by atoms with Crippen LogP contribution < -0.4 is 20.9 Å². The fourth-order valence-corrected chi connectivity index (χ4v) is 12.8. The monoisotopic (exact) mass is 1390 g/mol. The Balaban J connectivity index is 1.40. The number of benzene rings is 10.